The van der Waals surface area contributed by atoms with E-state index in [0.29, 0.717) is 5.38 Å². The molecule has 12 heavy (non-hydrogen) atoms. The maximum absolute atomic E-state index is 6.26. The van der Waals surface area contributed by atoms with Crippen molar-refractivity contribution >= 4 is 19.7 Å². The Balaban J connectivity index is 2.46. The minimum absolute atomic E-state index is 0.404. The molecule has 0 aromatic rings. The van der Waals surface area contributed by atoms with Crippen LogP contribution in [0.25, 0.3) is 0 Å². The van der Waals surface area contributed by atoms with Gasteiger partial charge in [-0.05, 0) is 18.8 Å². The van der Waals surface area contributed by atoms with Crippen LogP contribution in [0.5, 0.6) is 0 Å². The molecular weight excluding hydrogens is 184 g/mol. The average molecular weight is 203 g/mol. The van der Waals surface area contributed by atoms with Crippen LogP contribution < -0.4 is 0 Å². The van der Waals surface area contributed by atoms with Gasteiger partial charge in [0.25, 0.3) is 0 Å². The minimum Gasteiger partial charge on any atom is -0.122 e. The number of hydrogen-bond acceptors (Lipinski definition) is 0. The minimum atomic E-state index is -0.905. The second kappa shape index (κ2) is 3.97. The summed E-state index contributed by atoms with van der Waals surface area (Å²) in [4.78, 5) is 0. The van der Waals surface area contributed by atoms with Crippen LogP contribution in [0, 0.1) is 5.92 Å². The smallest absolute Gasteiger partial charge is 0.0446 e. The fraction of sp³-hybridized carbons (Fsp3) is 0.800. The number of rotatable bonds is 2. The monoisotopic (exact) mass is 202 g/mol. The third-order valence-corrected chi connectivity index (χ3v) is 4.64. The number of hydrogen-bond donors (Lipinski definition) is 0. The van der Waals surface area contributed by atoms with E-state index in [4.69, 9.17) is 11.6 Å². The van der Waals surface area contributed by atoms with Crippen molar-refractivity contribution in [2.24, 2.45) is 5.92 Å². The average Bonchev–Trinajstić information content (AvgIpc) is 1.91. The molecule has 0 saturated carbocycles. The molecule has 0 aromatic heterocycles. The fourth-order valence-corrected chi connectivity index (χ4v) is 4.30. The van der Waals surface area contributed by atoms with E-state index in [0.717, 1.165) is 12.3 Å². The predicted octanol–water partition coefficient (Wildman–Crippen LogP) is 3.90. The molecule has 1 aliphatic rings. The summed E-state index contributed by atoms with van der Waals surface area (Å²) >= 11 is 6.26. The van der Waals surface area contributed by atoms with Crippen molar-refractivity contribution < 1.29 is 0 Å². The van der Waals surface area contributed by atoms with E-state index in [9.17, 15) is 0 Å². The Hall–Kier alpha value is 0.247. The molecule has 0 nitrogen and oxygen atoms in total. The SMILES string of the molecule is C[Si](C)(C)CC1CC=CCC1Cl. The van der Waals surface area contributed by atoms with E-state index in [2.05, 4.69) is 31.8 Å². The Morgan fingerprint density at radius 3 is 2.33 bits per heavy atom. The second-order valence-corrected chi connectivity index (χ2v) is 11.1. The summed E-state index contributed by atoms with van der Waals surface area (Å²) < 4.78 is 0. The van der Waals surface area contributed by atoms with E-state index >= 15 is 0 Å². The molecule has 0 fully saturated rings. The van der Waals surface area contributed by atoms with Gasteiger partial charge < -0.3 is 0 Å². The lowest BCUT2D eigenvalue weighted by Gasteiger charge is -2.28. The van der Waals surface area contributed by atoms with Gasteiger partial charge in [0, 0.05) is 13.5 Å². The van der Waals surface area contributed by atoms with Crippen molar-refractivity contribution in [1.29, 1.82) is 0 Å². The van der Waals surface area contributed by atoms with Gasteiger partial charge in [-0.2, -0.15) is 0 Å². The van der Waals surface area contributed by atoms with Gasteiger partial charge >= 0.3 is 0 Å². The lowest BCUT2D eigenvalue weighted by molar-refractivity contribution is 0.528. The van der Waals surface area contributed by atoms with Crippen molar-refractivity contribution in [3.63, 3.8) is 0 Å². The standard InChI is InChI=1S/C10H19ClSi/c1-12(2,3)8-9-6-4-5-7-10(9)11/h4-5,9-10H,6-8H2,1-3H3. The Bertz CT molecular complexity index is 169. The van der Waals surface area contributed by atoms with Gasteiger partial charge in [0.2, 0.25) is 0 Å². The highest BCUT2D eigenvalue weighted by Crippen LogP contribution is 2.31. The van der Waals surface area contributed by atoms with Crippen LogP contribution in [0.1, 0.15) is 12.8 Å². The molecule has 1 aliphatic carbocycles. The highest BCUT2D eigenvalue weighted by Gasteiger charge is 2.26. The van der Waals surface area contributed by atoms with Crippen LogP contribution >= 0.6 is 11.6 Å². The van der Waals surface area contributed by atoms with Gasteiger partial charge in [-0.15, -0.1) is 11.6 Å². The molecular formula is C10H19ClSi. The van der Waals surface area contributed by atoms with Gasteiger partial charge in [-0.1, -0.05) is 37.8 Å². The first-order valence-electron chi connectivity index (χ1n) is 4.78. The maximum Gasteiger partial charge on any atom is 0.0446 e. The highest BCUT2D eigenvalue weighted by atomic mass is 35.5. The molecule has 70 valence electrons. The zero-order valence-corrected chi connectivity index (χ0v) is 10.1. The summed E-state index contributed by atoms with van der Waals surface area (Å²) in [6.07, 6.45) is 6.80. The molecule has 0 bridgehead atoms. The van der Waals surface area contributed by atoms with Gasteiger partial charge in [0.1, 0.15) is 0 Å². The van der Waals surface area contributed by atoms with Crippen LogP contribution in [0.15, 0.2) is 12.2 Å². The summed E-state index contributed by atoms with van der Waals surface area (Å²) in [6.45, 7) is 7.28. The maximum atomic E-state index is 6.26. The van der Waals surface area contributed by atoms with Crippen molar-refractivity contribution in [3.05, 3.63) is 12.2 Å². The van der Waals surface area contributed by atoms with E-state index in [-0.39, 0.29) is 0 Å². The van der Waals surface area contributed by atoms with Gasteiger partial charge in [0.15, 0.2) is 0 Å². The Labute approximate surface area is 82.0 Å². The van der Waals surface area contributed by atoms with Crippen LogP contribution in [0.4, 0.5) is 0 Å². The Kier molecular flexibility index (Phi) is 3.42. The fourth-order valence-electron chi connectivity index (χ4n) is 1.84. The molecule has 0 aromatic carbocycles. The number of halogens is 1. The molecule has 2 heteroatoms. The lowest BCUT2D eigenvalue weighted by Crippen LogP contribution is -2.29. The molecule has 2 atom stereocenters. The van der Waals surface area contributed by atoms with E-state index in [1.165, 1.54) is 12.5 Å². The van der Waals surface area contributed by atoms with Gasteiger partial charge in [0.05, 0.1) is 0 Å². The van der Waals surface area contributed by atoms with Crippen molar-refractivity contribution in [2.75, 3.05) is 0 Å². The summed E-state index contributed by atoms with van der Waals surface area (Å²) in [6, 6.07) is 1.38. The first-order chi connectivity index (χ1) is 5.49. The quantitative estimate of drug-likeness (QED) is 0.362. The van der Waals surface area contributed by atoms with Crippen molar-refractivity contribution in [3.8, 4) is 0 Å². The zero-order chi connectivity index (χ0) is 9.19. The van der Waals surface area contributed by atoms with E-state index < -0.39 is 8.07 Å². The molecule has 0 amide bonds. The molecule has 0 aliphatic heterocycles. The summed E-state index contributed by atoms with van der Waals surface area (Å²) in [5.74, 6) is 0.753. The Morgan fingerprint density at radius 2 is 1.83 bits per heavy atom. The number of allylic oxidation sites excluding steroid dienone is 2. The predicted molar refractivity (Wildman–Crippen MR) is 59.7 cm³/mol. The summed E-state index contributed by atoms with van der Waals surface area (Å²) in [5.41, 5.74) is 0. The van der Waals surface area contributed by atoms with Crippen LogP contribution in [0.2, 0.25) is 25.7 Å². The third-order valence-electron chi connectivity index (χ3n) is 2.35. The highest BCUT2D eigenvalue weighted by molar-refractivity contribution is 6.76. The van der Waals surface area contributed by atoms with E-state index in [1.807, 2.05) is 0 Å². The van der Waals surface area contributed by atoms with Crippen LogP contribution in [-0.4, -0.2) is 13.5 Å². The molecule has 2 unspecified atom stereocenters. The van der Waals surface area contributed by atoms with Crippen molar-refractivity contribution in [2.45, 2.75) is 43.9 Å². The summed E-state index contributed by atoms with van der Waals surface area (Å²) in [7, 11) is -0.905. The van der Waals surface area contributed by atoms with Gasteiger partial charge in [-0.25, -0.2) is 0 Å². The third kappa shape index (κ3) is 3.32. The van der Waals surface area contributed by atoms with Crippen LogP contribution in [-0.2, 0) is 0 Å². The molecule has 0 spiro atoms. The number of alkyl halides is 1. The largest absolute Gasteiger partial charge is 0.122 e. The molecule has 0 heterocycles. The zero-order valence-electron chi connectivity index (χ0n) is 8.31. The molecule has 0 saturated heterocycles. The van der Waals surface area contributed by atoms with Crippen LogP contribution in [0.3, 0.4) is 0 Å². The normalized spacial score (nSPS) is 30.7. The first-order valence-corrected chi connectivity index (χ1v) is 8.92. The van der Waals surface area contributed by atoms with Gasteiger partial charge in [-0.3, -0.25) is 0 Å². The van der Waals surface area contributed by atoms with E-state index in [1.54, 1.807) is 0 Å². The summed E-state index contributed by atoms with van der Waals surface area (Å²) in [5, 5.41) is 0.404. The topological polar surface area (TPSA) is 0 Å². The first kappa shape index (κ1) is 10.3. The molecule has 0 radical (unpaired) electrons. The molecule has 1 rings (SSSR count). The molecule has 0 N–H and O–H groups in total. The second-order valence-electron chi connectivity index (χ2n) is 4.98. The van der Waals surface area contributed by atoms with Crippen molar-refractivity contribution in [1.82, 2.24) is 0 Å². The Morgan fingerprint density at radius 1 is 1.25 bits per heavy atom. The lowest BCUT2D eigenvalue weighted by atomic mass is 9.96.